The molecule has 0 spiro atoms. The van der Waals surface area contributed by atoms with Gasteiger partial charge in [-0.1, -0.05) is 12.1 Å². The Morgan fingerprint density at radius 2 is 2.24 bits per heavy atom. The van der Waals surface area contributed by atoms with Crippen molar-refractivity contribution >= 4 is 11.3 Å². The van der Waals surface area contributed by atoms with E-state index in [1.807, 2.05) is 17.4 Å². The van der Waals surface area contributed by atoms with Crippen LogP contribution in [0.4, 0.5) is 0 Å². The highest BCUT2D eigenvalue weighted by Crippen LogP contribution is 2.28. The van der Waals surface area contributed by atoms with E-state index >= 15 is 0 Å². The van der Waals surface area contributed by atoms with Gasteiger partial charge < -0.3 is 9.47 Å². The van der Waals surface area contributed by atoms with Gasteiger partial charge in [0, 0.05) is 24.4 Å². The van der Waals surface area contributed by atoms with Gasteiger partial charge in [0.15, 0.2) is 0 Å². The van der Waals surface area contributed by atoms with Gasteiger partial charge in [-0.05, 0) is 43.4 Å². The Balaban J connectivity index is 1.36. The fourth-order valence-electron chi connectivity index (χ4n) is 3.77. The summed E-state index contributed by atoms with van der Waals surface area (Å²) < 4.78 is 11.3. The predicted molar refractivity (Wildman–Crippen MR) is 100 cm³/mol. The lowest BCUT2D eigenvalue weighted by Crippen LogP contribution is -2.42. The molecule has 0 N–H and O–H groups in total. The molecule has 4 rings (SSSR count). The largest absolute Gasteiger partial charge is 0.497 e. The minimum absolute atomic E-state index is 0.246. The van der Waals surface area contributed by atoms with E-state index in [2.05, 4.69) is 23.1 Å². The molecule has 2 aliphatic rings. The molecule has 1 aromatic carbocycles. The van der Waals surface area contributed by atoms with Crippen molar-refractivity contribution in [1.29, 1.82) is 0 Å². The Hall–Kier alpha value is -1.43. The number of hydrogen-bond acceptors (Lipinski definition) is 5. The summed E-state index contributed by atoms with van der Waals surface area (Å²) in [6.45, 7) is 3.75. The molecule has 2 heterocycles. The molecule has 0 bridgehead atoms. The van der Waals surface area contributed by atoms with E-state index in [1.54, 1.807) is 7.11 Å². The molecular formula is C20H26N2O2S. The van der Waals surface area contributed by atoms with Crippen molar-refractivity contribution in [3.8, 4) is 5.75 Å². The Bertz CT molecular complexity index is 692. The van der Waals surface area contributed by atoms with E-state index in [0.29, 0.717) is 0 Å². The van der Waals surface area contributed by atoms with Crippen LogP contribution in [0.15, 0.2) is 24.3 Å². The molecule has 1 fully saturated rings. The van der Waals surface area contributed by atoms with Gasteiger partial charge in [0.05, 0.1) is 32.1 Å². The second kappa shape index (κ2) is 7.85. The van der Waals surface area contributed by atoms with Crippen LogP contribution >= 0.6 is 11.3 Å². The Labute approximate surface area is 153 Å². The Kier molecular flexibility index (Phi) is 5.34. The highest BCUT2D eigenvalue weighted by Gasteiger charge is 2.23. The molecule has 1 aromatic heterocycles. The SMILES string of the molecule is COc1cccc(C[C@H]2CN(Cc3nc4c(s3)CCCC4)CCO2)c1. The summed E-state index contributed by atoms with van der Waals surface area (Å²) in [4.78, 5) is 8.92. The average molecular weight is 359 g/mol. The molecule has 1 aliphatic carbocycles. The van der Waals surface area contributed by atoms with Crippen LogP contribution in [-0.2, 0) is 30.5 Å². The molecular weight excluding hydrogens is 332 g/mol. The zero-order chi connectivity index (χ0) is 17.1. The number of hydrogen-bond donors (Lipinski definition) is 0. The number of aryl methyl sites for hydroxylation is 2. The van der Waals surface area contributed by atoms with Gasteiger partial charge in [0.25, 0.3) is 0 Å². The van der Waals surface area contributed by atoms with Crippen molar-refractivity contribution in [3.63, 3.8) is 0 Å². The summed E-state index contributed by atoms with van der Waals surface area (Å²) in [7, 11) is 1.71. The molecule has 25 heavy (non-hydrogen) atoms. The predicted octanol–water partition coefficient (Wildman–Crippen LogP) is 3.47. The minimum Gasteiger partial charge on any atom is -0.497 e. The van der Waals surface area contributed by atoms with Gasteiger partial charge in [-0.3, -0.25) is 4.90 Å². The third-order valence-electron chi connectivity index (χ3n) is 5.07. The molecule has 4 nitrogen and oxygen atoms in total. The average Bonchev–Trinajstić information content (AvgIpc) is 3.04. The quantitative estimate of drug-likeness (QED) is 0.820. The summed E-state index contributed by atoms with van der Waals surface area (Å²) in [5.41, 5.74) is 2.64. The fraction of sp³-hybridized carbons (Fsp3) is 0.550. The highest BCUT2D eigenvalue weighted by molar-refractivity contribution is 7.11. The normalized spacial score (nSPS) is 21.1. The van der Waals surface area contributed by atoms with Gasteiger partial charge in [-0.15, -0.1) is 11.3 Å². The molecule has 0 unspecified atom stereocenters. The van der Waals surface area contributed by atoms with Crippen molar-refractivity contribution in [1.82, 2.24) is 9.88 Å². The first-order valence-corrected chi connectivity index (χ1v) is 10.1. The number of morpholine rings is 1. The van der Waals surface area contributed by atoms with Crippen LogP contribution in [0.3, 0.4) is 0 Å². The molecule has 5 heteroatoms. The monoisotopic (exact) mass is 358 g/mol. The lowest BCUT2D eigenvalue weighted by atomic mass is 10.0. The molecule has 1 atom stereocenters. The highest BCUT2D eigenvalue weighted by atomic mass is 32.1. The number of fused-ring (bicyclic) bond motifs is 1. The summed E-state index contributed by atoms with van der Waals surface area (Å²) in [5.74, 6) is 0.915. The molecule has 0 saturated carbocycles. The lowest BCUT2D eigenvalue weighted by molar-refractivity contribution is -0.0305. The summed E-state index contributed by atoms with van der Waals surface area (Å²) in [6.07, 6.45) is 6.21. The van der Waals surface area contributed by atoms with E-state index in [1.165, 1.54) is 46.8 Å². The van der Waals surface area contributed by atoms with Crippen LogP contribution in [0.25, 0.3) is 0 Å². The number of benzene rings is 1. The molecule has 134 valence electrons. The van der Waals surface area contributed by atoms with Crippen LogP contribution in [0.1, 0.15) is 34.0 Å². The Morgan fingerprint density at radius 3 is 3.12 bits per heavy atom. The summed E-state index contributed by atoms with van der Waals surface area (Å²) in [5, 5.41) is 1.29. The lowest BCUT2D eigenvalue weighted by Gasteiger charge is -2.32. The molecule has 1 saturated heterocycles. The van der Waals surface area contributed by atoms with Crippen molar-refractivity contribution in [3.05, 3.63) is 45.4 Å². The van der Waals surface area contributed by atoms with Gasteiger partial charge in [0.1, 0.15) is 10.8 Å². The van der Waals surface area contributed by atoms with Crippen molar-refractivity contribution in [2.45, 2.75) is 44.8 Å². The topological polar surface area (TPSA) is 34.6 Å². The number of ether oxygens (including phenoxy) is 2. The van der Waals surface area contributed by atoms with Crippen LogP contribution in [0.5, 0.6) is 5.75 Å². The molecule has 0 radical (unpaired) electrons. The standard InChI is InChI=1S/C20H26N2O2S/c1-23-16-6-4-5-15(11-16)12-17-13-22(9-10-24-17)14-20-21-18-7-2-3-8-19(18)25-20/h4-6,11,17H,2-3,7-10,12-14H2,1H3/t17-/m0/s1. The maximum Gasteiger partial charge on any atom is 0.119 e. The van der Waals surface area contributed by atoms with E-state index in [9.17, 15) is 0 Å². The number of methoxy groups -OCH3 is 1. The number of rotatable bonds is 5. The van der Waals surface area contributed by atoms with Crippen LogP contribution in [0, 0.1) is 0 Å². The van der Waals surface area contributed by atoms with Crippen molar-refractivity contribution in [2.24, 2.45) is 0 Å². The van der Waals surface area contributed by atoms with Crippen LogP contribution in [-0.4, -0.2) is 42.8 Å². The maximum absolute atomic E-state index is 6.01. The number of nitrogens with zero attached hydrogens (tertiary/aromatic N) is 2. The maximum atomic E-state index is 6.01. The third-order valence-corrected chi connectivity index (χ3v) is 6.21. The zero-order valence-corrected chi connectivity index (χ0v) is 15.7. The smallest absolute Gasteiger partial charge is 0.119 e. The second-order valence-corrected chi connectivity index (χ2v) is 8.14. The van der Waals surface area contributed by atoms with Crippen LogP contribution in [0.2, 0.25) is 0 Å². The van der Waals surface area contributed by atoms with E-state index < -0.39 is 0 Å². The number of thiazole rings is 1. The zero-order valence-electron chi connectivity index (χ0n) is 14.9. The third kappa shape index (κ3) is 4.22. The molecule has 0 amide bonds. The van der Waals surface area contributed by atoms with Gasteiger partial charge in [-0.2, -0.15) is 0 Å². The minimum atomic E-state index is 0.246. The summed E-state index contributed by atoms with van der Waals surface area (Å²) in [6, 6.07) is 8.30. The first-order valence-electron chi connectivity index (χ1n) is 9.24. The Morgan fingerprint density at radius 1 is 1.32 bits per heavy atom. The van der Waals surface area contributed by atoms with Crippen LogP contribution < -0.4 is 4.74 Å². The van der Waals surface area contributed by atoms with Gasteiger partial charge >= 0.3 is 0 Å². The van der Waals surface area contributed by atoms with E-state index in [0.717, 1.165) is 38.4 Å². The first-order chi connectivity index (χ1) is 12.3. The van der Waals surface area contributed by atoms with E-state index in [-0.39, 0.29) is 6.10 Å². The second-order valence-electron chi connectivity index (χ2n) is 6.97. The van der Waals surface area contributed by atoms with Crippen molar-refractivity contribution < 1.29 is 9.47 Å². The molecule has 1 aliphatic heterocycles. The summed E-state index contributed by atoms with van der Waals surface area (Å²) >= 11 is 1.93. The van der Waals surface area contributed by atoms with Gasteiger partial charge in [-0.25, -0.2) is 4.98 Å². The first kappa shape index (κ1) is 17.0. The number of aromatic nitrogens is 1. The molecule has 2 aromatic rings. The fourth-order valence-corrected chi connectivity index (χ4v) is 4.97. The van der Waals surface area contributed by atoms with E-state index in [4.69, 9.17) is 14.5 Å². The van der Waals surface area contributed by atoms with Gasteiger partial charge in [0.2, 0.25) is 0 Å². The van der Waals surface area contributed by atoms with Crippen molar-refractivity contribution in [2.75, 3.05) is 26.8 Å².